The van der Waals surface area contributed by atoms with Crippen molar-refractivity contribution >= 4 is 40.8 Å². The summed E-state index contributed by atoms with van der Waals surface area (Å²) in [6, 6.07) is 2.96. The summed E-state index contributed by atoms with van der Waals surface area (Å²) in [5.41, 5.74) is 0.722. The van der Waals surface area contributed by atoms with Crippen LogP contribution < -0.4 is 15.6 Å². The third-order valence-electron chi connectivity index (χ3n) is 4.12. The van der Waals surface area contributed by atoms with Crippen LogP contribution in [0.1, 0.15) is 30.4 Å². The molecule has 3 rings (SSSR count). The summed E-state index contributed by atoms with van der Waals surface area (Å²) < 4.78 is 10.5. The molecule has 10 heteroatoms. The first-order chi connectivity index (χ1) is 12.8. The fourth-order valence-corrected chi connectivity index (χ4v) is 3.58. The predicted octanol–water partition coefficient (Wildman–Crippen LogP) is 3.03. The SMILES string of the molecule is COC(=O)C1CCc2c(Oc3c(Cl)cc(NC(C)=O)cc3Cl)n[nH]c(=O)c21. The highest BCUT2D eigenvalue weighted by atomic mass is 35.5. The fourth-order valence-electron chi connectivity index (χ4n) is 3.02. The van der Waals surface area contributed by atoms with Crippen LogP contribution in [0.3, 0.4) is 0 Å². The molecule has 0 fully saturated rings. The van der Waals surface area contributed by atoms with Crippen LogP contribution in [0.2, 0.25) is 10.0 Å². The quantitative estimate of drug-likeness (QED) is 0.747. The van der Waals surface area contributed by atoms with Gasteiger partial charge in [-0.05, 0) is 25.0 Å². The van der Waals surface area contributed by atoms with E-state index in [-0.39, 0.29) is 33.1 Å². The Morgan fingerprint density at radius 2 is 1.96 bits per heavy atom. The Morgan fingerprint density at radius 1 is 1.30 bits per heavy atom. The Morgan fingerprint density at radius 3 is 2.56 bits per heavy atom. The molecule has 0 aliphatic heterocycles. The van der Waals surface area contributed by atoms with Gasteiger partial charge in [0.15, 0.2) is 5.75 Å². The number of halogens is 2. The van der Waals surface area contributed by atoms with Crippen molar-refractivity contribution in [1.29, 1.82) is 0 Å². The van der Waals surface area contributed by atoms with Gasteiger partial charge in [0.25, 0.3) is 5.56 Å². The summed E-state index contributed by atoms with van der Waals surface area (Å²) in [6.07, 6.45) is 0.830. The molecule has 2 aromatic rings. The molecule has 1 heterocycles. The Balaban J connectivity index is 1.99. The van der Waals surface area contributed by atoms with E-state index in [2.05, 4.69) is 15.5 Å². The summed E-state index contributed by atoms with van der Waals surface area (Å²) >= 11 is 12.4. The smallest absolute Gasteiger partial charge is 0.313 e. The molecular weight excluding hydrogens is 397 g/mol. The first-order valence-corrected chi connectivity index (χ1v) is 8.71. The number of carbonyl (C=O) groups is 2. The lowest BCUT2D eigenvalue weighted by Gasteiger charge is -2.13. The topological polar surface area (TPSA) is 110 Å². The standard InChI is InChI=1S/C17H15Cl2N3O5/c1-7(23)20-8-5-11(18)14(12(19)6-8)27-16-9-3-4-10(17(25)26-2)13(9)15(24)21-22-16/h5-6,10H,3-4H2,1-2H3,(H,20,23)(H,21,24). The Labute approximate surface area is 163 Å². The second-order valence-electron chi connectivity index (χ2n) is 5.92. The molecule has 1 aliphatic carbocycles. The lowest BCUT2D eigenvalue weighted by Crippen LogP contribution is -2.22. The molecule has 27 heavy (non-hydrogen) atoms. The van der Waals surface area contributed by atoms with Crippen LogP contribution in [0.4, 0.5) is 5.69 Å². The Kier molecular flexibility index (Phi) is 5.38. The maximum Gasteiger partial charge on any atom is 0.313 e. The molecule has 8 nitrogen and oxygen atoms in total. The van der Waals surface area contributed by atoms with E-state index in [0.29, 0.717) is 24.1 Å². The minimum absolute atomic E-state index is 0.104. The van der Waals surface area contributed by atoms with E-state index in [1.54, 1.807) is 0 Å². The van der Waals surface area contributed by atoms with E-state index >= 15 is 0 Å². The molecule has 1 unspecified atom stereocenters. The van der Waals surface area contributed by atoms with Crippen LogP contribution in [0.25, 0.3) is 0 Å². The van der Waals surface area contributed by atoms with Crippen molar-refractivity contribution in [3.05, 3.63) is 43.7 Å². The number of hydrogen-bond acceptors (Lipinski definition) is 6. The number of amides is 1. The van der Waals surface area contributed by atoms with Gasteiger partial charge < -0.3 is 14.8 Å². The van der Waals surface area contributed by atoms with E-state index < -0.39 is 17.4 Å². The zero-order valence-corrected chi connectivity index (χ0v) is 15.9. The summed E-state index contributed by atoms with van der Waals surface area (Å²) in [6.45, 7) is 1.36. The monoisotopic (exact) mass is 411 g/mol. The van der Waals surface area contributed by atoms with Crippen LogP contribution in [0.5, 0.6) is 11.6 Å². The number of rotatable bonds is 4. The Bertz CT molecular complexity index is 966. The van der Waals surface area contributed by atoms with Crippen LogP contribution in [-0.2, 0) is 20.7 Å². The lowest BCUT2D eigenvalue weighted by atomic mass is 10.0. The number of nitrogens with zero attached hydrogens (tertiary/aromatic N) is 1. The second kappa shape index (κ2) is 7.58. The third-order valence-corrected chi connectivity index (χ3v) is 4.68. The first kappa shape index (κ1) is 19.2. The highest BCUT2D eigenvalue weighted by Gasteiger charge is 2.35. The molecular formula is C17H15Cl2N3O5. The van der Waals surface area contributed by atoms with Gasteiger partial charge in [-0.25, -0.2) is 5.10 Å². The number of fused-ring (bicyclic) bond motifs is 1. The predicted molar refractivity (Wildman–Crippen MR) is 98.8 cm³/mol. The molecule has 1 aromatic carbocycles. The molecule has 0 saturated heterocycles. The molecule has 0 saturated carbocycles. The normalized spacial score (nSPS) is 15.2. The van der Waals surface area contributed by atoms with Gasteiger partial charge in [0.2, 0.25) is 11.8 Å². The Hall–Kier alpha value is -2.58. The number of carbonyl (C=O) groups excluding carboxylic acids is 2. The van der Waals surface area contributed by atoms with Gasteiger partial charge >= 0.3 is 5.97 Å². The van der Waals surface area contributed by atoms with E-state index in [1.165, 1.54) is 26.2 Å². The van der Waals surface area contributed by atoms with Crippen LogP contribution in [0, 0.1) is 0 Å². The molecule has 1 atom stereocenters. The number of anilines is 1. The molecule has 0 bridgehead atoms. The maximum absolute atomic E-state index is 12.2. The summed E-state index contributed by atoms with van der Waals surface area (Å²) in [5, 5.41) is 9.11. The van der Waals surface area contributed by atoms with Gasteiger partial charge in [-0.2, -0.15) is 0 Å². The molecule has 142 valence electrons. The van der Waals surface area contributed by atoms with Crippen molar-refractivity contribution in [2.75, 3.05) is 12.4 Å². The molecule has 0 spiro atoms. The molecule has 1 aromatic heterocycles. The molecule has 1 aliphatic rings. The lowest BCUT2D eigenvalue weighted by molar-refractivity contribution is -0.142. The van der Waals surface area contributed by atoms with Crippen molar-refractivity contribution in [2.24, 2.45) is 0 Å². The van der Waals surface area contributed by atoms with Gasteiger partial charge in [-0.15, -0.1) is 5.10 Å². The average Bonchev–Trinajstić information content (AvgIpc) is 3.05. The minimum Gasteiger partial charge on any atom is -0.469 e. The van der Waals surface area contributed by atoms with Crippen molar-refractivity contribution in [2.45, 2.75) is 25.7 Å². The summed E-state index contributed by atoms with van der Waals surface area (Å²) in [7, 11) is 1.27. The number of aromatic nitrogens is 2. The van der Waals surface area contributed by atoms with Crippen molar-refractivity contribution in [3.8, 4) is 11.6 Å². The molecule has 1 amide bonds. The highest BCUT2D eigenvalue weighted by molar-refractivity contribution is 6.37. The van der Waals surface area contributed by atoms with Gasteiger partial charge in [-0.1, -0.05) is 23.2 Å². The number of hydrogen-bond donors (Lipinski definition) is 2. The number of ether oxygens (including phenoxy) is 2. The average molecular weight is 412 g/mol. The molecule has 0 radical (unpaired) electrons. The van der Waals surface area contributed by atoms with Crippen LogP contribution in [-0.4, -0.2) is 29.2 Å². The van der Waals surface area contributed by atoms with Crippen molar-refractivity contribution in [3.63, 3.8) is 0 Å². The molecule has 2 N–H and O–H groups in total. The van der Waals surface area contributed by atoms with E-state index in [1.807, 2.05) is 0 Å². The summed E-state index contributed by atoms with van der Waals surface area (Å²) in [5.74, 6) is -1.22. The van der Waals surface area contributed by atoms with Crippen LogP contribution in [0.15, 0.2) is 16.9 Å². The highest BCUT2D eigenvalue weighted by Crippen LogP contribution is 2.42. The third kappa shape index (κ3) is 3.77. The van der Waals surface area contributed by atoms with E-state index in [4.69, 9.17) is 32.7 Å². The van der Waals surface area contributed by atoms with E-state index in [9.17, 15) is 14.4 Å². The number of benzene rings is 1. The number of aromatic amines is 1. The number of esters is 1. The minimum atomic E-state index is -0.674. The van der Waals surface area contributed by atoms with Crippen molar-refractivity contribution < 1.29 is 19.1 Å². The van der Waals surface area contributed by atoms with Gasteiger partial charge in [-0.3, -0.25) is 14.4 Å². The maximum atomic E-state index is 12.2. The zero-order valence-electron chi connectivity index (χ0n) is 14.4. The number of methoxy groups -OCH3 is 1. The van der Waals surface area contributed by atoms with Crippen LogP contribution >= 0.6 is 23.2 Å². The van der Waals surface area contributed by atoms with Gasteiger partial charge in [0, 0.05) is 23.7 Å². The fraction of sp³-hybridized carbons (Fsp3) is 0.294. The van der Waals surface area contributed by atoms with E-state index in [0.717, 1.165) is 0 Å². The first-order valence-electron chi connectivity index (χ1n) is 7.95. The van der Waals surface area contributed by atoms with Gasteiger partial charge in [0.05, 0.1) is 23.1 Å². The number of H-pyrrole nitrogens is 1. The number of nitrogens with one attached hydrogen (secondary N) is 2. The zero-order chi connectivity index (χ0) is 19.7. The summed E-state index contributed by atoms with van der Waals surface area (Å²) in [4.78, 5) is 35.2. The van der Waals surface area contributed by atoms with Crippen molar-refractivity contribution in [1.82, 2.24) is 10.2 Å². The second-order valence-corrected chi connectivity index (χ2v) is 6.73. The van der Waals surface area contributed by atoms with Gasteiger partial charge in [0.1, 0.15) is 0 Å². The largest absolute Gasteiger partial charge is 0.469 e.